The maximum Gasteiger partial charge on any atom is 0.151 e. The van der Waals surface area contributed by atoms with Gasteiger partial charge >= 0.3 is 0 Å². The van der Waals surface area contributed by atoms with Crippen LogP contribution in [0.1, 0.15) is 63.6 Å². The summed E-state index contributed by atoms with van der Waals surface area (Å²) in [5.41, 5.74) is 3.86. The first kappa shape index (κ1) is 23.3. The van der Waals surface area contributed by atoms with Crippen molar-refractivity contribution in [1.82, 2.24) is 35.5 Å². The number of piperidine rings is 1. The van der Waals surface area contributed by atoms with Crippen LogP contribution in [-0.2, 0) is 0 Å². The Balaban J connectivity index is 1.09. The molecular formula is C27H37N9. The fraction of sp³-hybridized carbons (Fsp3) is 0.593. The fourth-order valence-electron chi connectivity index (χ4n) is 5.56. The average molecular weight is 488 g/mol. The maximum absolute atomic E-state index is 4.60. The van der Waals surface area contributed by atoms with Gasteiger partial charge in [-0.05, 0) is 76.1 Å². The van der Waals surface area contributed by atoms with Gasteiger partial charge in [0, 0.05) is 44.0 Å². The molecule has 0 spiro atoms. The molecule has 1 aliphatic carbocycles. The van der Waals surface area contributed by atoms with Crippen LogP contribution in [0, 0.1) is 5.92 Å². The highest BCUT2D eigenvalue weighted by Gasteiger charge is 2.24. The molecule has 3 fully saturated rings. The van der Waals surface area contributed by atoms with Gasteiger partial charge in [-0.25, -0.2) is 4.68 Å². The Morgan fingerprint density at radius 2 is 1.81 bits per heavy atom. The van der Waals surface area contributed by atoms with Crippen molar-refractivity contribution in [2.75, 3.05) is 42.5 Å². The second-order valence-electron chi connectivity index (χ2n) is 10.7. The third-order valence-corrected chi connectivity index (χ3v) is 8.16. The molecule has 9 nitrogen and oxygen atoms in total. The van der Waals surface area contributed by atoms with E-state index in [9.17, 15) is 0 Å². The summed E-state index contributed by atoms with van der Waals surface area (Å²) in [6.45, 7) is 7.49. The zero-order chi connectivity index (χ0) is 24.3. The standard InChI is InChI=1S/C27H37N9/c1-20(36-19-26(31-33-36)22-14-24(17-28-16-22)34-11-2-3-12-34)25-9-10-27(32-30-25)35-13-5-8-23(18-35)29-15-21-6-4-7-21/h9-10,14,16-17,19-21,23,29H,2-8,11-13,15,18H2,1H3. The van der Waals surface area contributed by atoms with Crippen LogP contribution in [0.15, 0.2) is 36.8 Å². The van der Waals surface area contributed by atoms with E-state index in [0.29, 0.717) is 6.04 Å². The summed E-state index contributed by atoms with van der Waals surface area (Å²) < 4.78 is 1.86. The molecule has 36 heavy (non-hydrogen) atoms. The maximum atomic E-state index is 4.60. The van der Waals surface area contributed by atoms with E-state index in [2.05, 4.69) is 65.7 Å². The van der Waals surface area contributed by atoms with E-state index in [1.54, 1.807) is 0 Å². The van der Waals surface area contributed by atoms with Crippen molar-refractivity contribution in [3.05, 3.63) is 42.5 Å². The lowest BCUT2D eigenvalue weighted by Crippen LogP contribution is -2.47. The first-order chi connectivity index (χ1) is 17.7. The highest BCUT2D eigenvalue weighted by atomic mass is 15.4. The molecule has 5 heterocycles. The molecule has 1 saturated carbocycles. The van der Waals surface area contributed by atoms with Gasteiger partial charge in [0.25, 0.3) is 0 Å². The minimum Gasteiger partial charge on any atom is -0.370 e. The van der Waals surface area contributed by atoms with Gasteiger partial charge in [0.15, 0.2) is 5.82 Å². The van der Waals surface area contributed by atoms with Crippen molar-refractivity contribution < 1.29 is 0 Å². The van der Waals surface area contributed by atoms with Crippen LogP contribution in [-0.4, -0.2) is 68.9 Å². The summed E-state index contributed by atoms with van der Waals surface area (Å²) in [6, 6.07) is 6.84. The van der Waals surface area contributed by atoms with Gasteiger partial charge in [-0.2, -0.15) is 5.10 Å². The Kier molecular flexibility index (Phi) is 6.81. The van der Waals surface area contributed by atoms with E-state index in [0.717, 1.165) is 60.6 Å². The van der Waals surface area contributed by atoms with Crippen molar-refractivity contribution in [1.29, 1.82) is 0 Å². The summed E-state index contributed by atoms with van der Waals surface area (Å²) in [4.78, 5) is 9.21. The lowest BCUT2D eigenvalue weighted by Gasteiger charge is -2.35. The number of rotatable bonds is 8. The van der Waals surface area contributed by atoms with E-state index in [4.69, 9.17) is 0 Å². The molecule has 3 aromatic heterocycles. The van der Waals surface area contributed by atoms with E-state index in [1.807, 2.05) is 23.3 Å². The Labute approximate surface area is 213 Å². The SMILES string of the molecule is CC(c1ccc(N2CCCC(NCC3CCC3)C2)nn1)n1cc(-c2cncc(N3CCCC3)c2)nn1. The van der Waals surface area contributed by atoms with Crippen LogP contribution >= 0.6 is 0 Å². The molecule has 6 rings (SSSR count). The van der Waals surface area contributed by atoms with Crippen LogP contribution in [0.5, 0.6) is 0 Å². The third kappa shape index (κ3) is 5.07. The number of pyridine rings is 1. The van der Waals surface area contributed by atoms with Gasteiger partial charge in [-0.3, -0.25) is 4.98 Å². The molecule has 9 heteroatoms. The Bertz CT molecular complexity index is 1130. The molecule has 2 atom stereocenters. The molecule has 0 radical (unpaired) electrons. The summed E-state index contributed by atoms with van der Waals surface area (Å²) in [5, 5.41) is 21.8. The summed E-state index contributed by atoms with van der Waals surface area (Å²) in [6.07, 6.45) is 14.9. The number of hydrogen-bond donors (Lipinski definition) is 1. The molecule has 3 aromatic rings. The first-order valence-corrected chi connectivity index (χ1v) is 13.7. The summed E-state index contributed by atoms with van der Waals surface area (Å²) in [5.74, 6) is 1.86. The topological polar surface area (TPSA) is 87.9 Å². The second kappa shape index (κ2) is 10.5. The van der Waals surface area contributed by atoms with Crippen molar-refractivity contribution >= 4 is 11.5 Å². The molecule has 0 bridgehead atoms. The van der Waals surface area contributed by atoms with E-state index in [1.165, 1.54) is 51.5 Å². The van der Waals surface area contributed by atoms with Gasteiger partial charge in [0.05, 0.1) is 29.8 Å². The van der Waals surface area contributed by atoms with Crippen LogP contribution in [0.3, 0.4) is 0 Å². The van der Waals surface area contributed by atoms with E-state index >= 15 is 0 Å². The van der Waals surface area contributed by atoms with Crippen LogP contribution in [0.25, 0.3) is 11.3 Å². The number of hydrogen-bond acceptors (Lipinski definition) is 8. The minimum absolute atomic E-state index is 0.0548. The van der Waals surface area contributed by atoms with Crippen molar-refractivity contribution in [2.45, 2.75) is 64.0 Å². The largest absolute Gasteiger partial charge is 0.370 e. The van der Waals surface area contributed by atoms with Crippen molar-refractivity contribution in [3.63, 3.8) is 0 Å². The zero-order valence-corrected chi connectivity index (χ0v) is 21.3. The predicted molar refractivity (Wildman–Crippen MR) is 141 cm³/mol. The molecule has 0 amide bonds. The molecular weight excluding hydrogens is 450 g/mol. The quantitative estimate of drug-likeness (QED) is 0.515. The van der Waals surface area contributed by atoms with Crippen LogP contribution in [0.4, 0.5) is 11.5 Å². The molecule has 190 valence electrons. The van der Waals surface area contributed by atoms with Crippen LogP contribution in [0.2, 0.25) is 0 Å². The molecule has 2 saturated heterocycles. The van der Waals surface area contributed by atoms with Gasteiger partial charge in [0.2, 0.25) is 0 Å². The molecule has 2 unspecified atom stereocenters. The first-order valence-electron chi connectivity index (χ1n) is 13.7. The molecule has 0 aromatic carbocycles. The van der Waals surface area contributed by atoms with E-state index < -0.39 is 0 Å². The predicted octanol–water partition coefficient (Wildman–Crippen LogP) is 3.70. The third-order valence-electron chi connectivity index (χ3n) is 8.16. The van der Waals surface area contributed by atoms with Crippen molar-refractivity contribution in [2.24, 2.45) is 5.92 Å². The number of nitrogens with zero attached hydrogens (tertiary/aromatic N) is 8. The highest BCUT2D eigenvalue weighted by molar-refractivity contribution is 5.63. The van der Waals surface area contributed by atoms with Gasteiger partial charge in [-0.1, -0.05) is 11.6 Å². The number of aromatic nitrogens is 6. The minimum atomic E-state index is -0.0548. The Morgan fingerprint density at radius 1 is 0.944 bits per heavy atom. The van der Waals surface area contributed by atoms with Gasteiger partial charge in [0.1, 0.15) is 5.69 Å². The summed E-state index contributed by atoms with van der Waals surface area (Å²) in [7, 11) is 0. The van der Waals surface area contributed by atoms with E-state index in [-0.39, 0.29) is 6.04 Å². The Hall–Kier alpha value is -3.07. The van der Waals surface area contributed by atoms with Gasteiger partial charge < -0.3 is 15.1 Å². The fourth-order valence-corrected chi connectivity index (χ4v) is 5.56. The monoisotopic (exact) mass is 487 g/mol. The molecule has 1 N–H and O–H groups in total. The molecule has 2 aliphatic heterocycles. The average Bonchev–Trinajstić information content (AvgIpc) is 3.61. The smallest absolute Gasteiger partial charge is 0.151 e. The number of nitrogens with one attached hydrogen (secondary N) is 1. The second-order valence-corrected chi connectivity index (χ2v) is 10.7. The molecule has 3 aliphatic rings. The lowest BCUT2D eigenvalue weighted by atomic mass is 9.85. The Morgan fingerprint density at radius 3 is 2.58 bits per heavy atom. The number of anilines is 2. The zero-order valence-electron chi connectivity index (χ0n) is 21.3. The highest BCUT2D eigenvalue weighted by Crippen LogP contribution is 2.27. The van der Waals surface area contributed by atoms with Gasteiger partial charge in [-0.15, -0.1) is 10.2 Å². The van der Waals surface area contributed by atoms with Crippen molar-refractivity contribution in [3.8, 4) is 11.3 Å². The lowest BCUT2D eigenvalue weighted by molar-refractivity contribution is 0.280. The summed E-state index contributed by atoms with van der Waals surface area (Å²) >= 11 is 0. The normalized spacial score (nSPS) is 21.5. The van der Waals surface area contributed by atoms with Crippen LogP contribution < -0.4 is 15.1 Å².